The number of alkyl halides is 3. The molecular weight excluding hydrogens is 1070 g/mol. The molecule has 0 radical (unpaired) electrons. The highest BCUT2D eigenvalue weighted by molar-refractivity contribution is 7.14. The molecule has 0 amide bonds. The van der Waals surface area contributed by atoms with Gasteiger partial charge in [0.1, 0.15) is 61.9 Å². The van der Waals surface area contributed by atoms with Crippen LogP contribution in [0.1, 0.15) is 56.2 Å². The average Bonchev–Trinajstić information content (AvgIpc) is 4.03. The third kappa shape index (κ3) is 12.5. The van der Waals surface area contributed by atoms with E-state index in [0.29, 0.717) is 37.1 Å². The summed E-state index contributed by atoms with van der Waals surface area (Å²) in [6, 6.07) is 15.3. The van der Waals surface area contributed by atoms with Crippen molar-refractivity contribution in [2.75, 3.05) is 38.5 Å². The van der Waals surface area contributed by atoms with Crippen molar-refractivity contribution in [1.29, 1.82) is 15.8 Å². The number of carbonyl (C=O) groups is 1. The second kappa shape index (κ2) is 24.6. The molecule has 4 aromatic carbocycles. The Morgan fingerprint density at radius 1 is 0.727 bits per heavy atom. The predicted octanol–water partition coefficient (Wildman–Crippen LogP) is 12.8. The summed E-state index contributed by atoms with van der Waals surface area (Å²) in [5, 5.41) is 28.8. The topological polar surface area (TPSA) is 147 Å². The SMILES string of the molecule is CCN(CCOCOC)c1ccc(/C=C/c2sc(/C=C/C3=C(C#N)C(=C(C#N)C#N)OC3(C)C(F)(F)F)cc2COC(=O)c2cc(OCc3c(F)c(F)c(F)c(F)c3F)cc(OCc3c(F)c(F)c(F)c(F)c3F)c2)cc1. The molecule has 1 atom stereocenters. The fraction of sp³-hybridized carbons (Fsp3) is 0.231. The van der Waals surface area contributed by atoms with Crippen LogP contribution in [0.15, 0.2) is 77.1 Å². The van der Waals surface area contributed by atoms with Crippen molar-refractivity contribution in [3.63, 3.8) is 0 Å². The molecule has 5 aromatic rings. The van der Waals surface area contributed by atoms with Crippen molar-refractivity contribution in [2.45, 2.75) is 45.4 Å². The number of allylic oxidation sites excluding steroid dienone is 2. The van der Waals surface area contributed by atoms with Gasteiger partial charge in [-0.25, -0.2) is 48.7 Å². The van der Waals surface area contributed by atoms with Gasteiger partial charge in [-0.2, -0.15) is 29.0 Å². The lowest BCUT2D eigenvalue weighted by molar-refractivity contribution is -0.236. The van der Waals surface area contributed by atoms with Crippen molar-refractivity contribution in [1.82, 2.24) is 0 Å². The Labute approximate surface area is 432 Å². The number of benzene rings is 4. The third-order valence-electron chi connectivity index (χ3n) is 11.3. The molecule has 1 aliphatic heterocycles. The van der Waals surface area contributed by atoms with Gasteiger partial charge in [-0.15, -0.1) is 11.3 Å². The maximum Gasteiger partial charge on any atom is 0.432 e. The van der Waals surface area contributed by atoms with Crippen molar-refractivity contribution in [2.24, 2.45) is 0 Å². The molecule has 1 aromatic heterocycles. The number of hydrogen-bond donors (Lipinski definition) is 0. The van der Waals surface area contributed by atoms with Gasteiger partial charge in [0.05, 0.1) is 23.3 Å². The number of esters is 1. The van der Waals surface area contributed by atoms with Crippen LogP contribution in [0, 0.1) is 92.2 Å². The van der Waals surface area contributed by atoms with Gasteiger partial charge in [-0.1, -0.05) is 24.3 Å². The van der Waals surface area contributed by atoms with Crippen LogP contribution in [0.2, 0.25) is 0 Å². The third-order valence-corrected chi connectivity index (χ3v) is 12.4. The molecule has 0 fully saturated rings. The number of nitriles is 3. The minimum absolute atomic E-state index is 0.103. The van der Waals surface area contributed by atoms with E-state index in [4.69, 9.17) is 28.4 Å². The zero-order chi connectivity index (χ0) is 56.5. The first-order chi connectivity index (χ1) is 36.5. The van der Waals surface area contributed by atoms with Crippen LogP contribution >= 0.6 is 11.3 Å². The summed E-state index contributed by atoms with van der Waals surface area (Å²) in [7, 11) is 1.49. The Morgan fingerprint density at radius 3 is 1.74 bits per heavy atom. The number of thiophene rings is 1. The first kappa shape index (κ1) is 58.0. The largest absolute Gasteiger partial charge is 0.489 e. The summed E-state index contributed by atoms with van der Waals surface area (Å²) >= 11 is 0.933. The quantitative estimate of drug-likeness (QED) is 0.0140. The van der Waals surface area contributed by atoms with E-state index in [9.17, 15) is 77.7 Å². The first-order valence-corrected chi connectivity index (χ1v) is 22.8. The van der Waals surface area contributed by atoms with Gasteiger partial charge >= 0.3 is 12.1 Å². The van der Waals surface area contributed by atoms with Crippen LogP contribution in [-0.2, 0) is 38.8 Å². The lowest BCUT2D eigenvalue weighted by Gasteiger charge is -2.28. The summed E-state index contributed by atoms with van der Waals surface area (Å²) in [4.78, 5) is 16.3. The second-order valence-electron chi connectivity index (χ2n) is 16.1. The highest BCUT2D eigenvalue weighted by atomic mass is 32.1. The standard InChI is InChI=1S/C52H35F13N4O7S/c1-4-69(13-14-72-25-71-3)30-8-5-26(6-9-30)7-12-38-28(17-33(77-38)10-11-37-34(21-68)49(29(19-66)20-67)76-51(37,2)52(63,64)65)22-75-50(70)27-15-31(73-23-35-39(53)43(57)47(61)44(58)40(35)54)18-32(16-27)74-24-36-41(55)45(59)48(62)46(60)42(36)56/h5-12,15-18H,4,13-14,22-25H2,1-3H3/b11-10+,12-7+. The van der Waals surface area contributed by atoms with Gasteiger partial charge in [0.2, 0.25) is 17.2 Å². The number of rotatable bonds is 20. The highest BCUT2D eigenvalue weighted by Crippen LogP contribution is 2.49. The number of hydrogen-bond acceptors (Lipinski definition) is 12. The minimum atomic E-state index is -5.20. The maximum absolute atomic E-state index is 14.6. The molecule has 6 rings (SSSR count). The number of methoxy groups -OCH3 is 1. The van der Waals surface area contributed by atoms with E-state index in [2.05, 4.69) is 0 Å². The average molecular weight is 1110 g/mol. The van der Waals surface area contributed by atoms with Crippen LogP contribution in [0.3, 0.4) is 0 Å². The zero-order valence-electron chi connectivity index (χ0n) is 39.8. The van der Waals surface area contributed by atoms with E-state index >= 15 is 0 Å². The maximum atomic E-state index is 14.6. The Bertz CT molecular complexity index is 3190. The molecule has 0 bridgehead atoms. The lowest BCUT2D eigenvalue weighted by atomic mass is 9.92. The fourth-order valence-corrected chi connectivity index (χ4v) is 8.18. The molecule has 0 aliphatic carbocycles. The molecule has 11 nitrogen and oxygen atoms in total. The number of anilines is 1. The van der Waals surface area contributed by atoms with E-state index in [0.717, 1.165) is 47.4 Å². The van der Waals surface area contributed by atoms with E-state index in [-0.39, 0.29) is 17.2 Å². The molecule has 0 saturated heterocycles. The number of likely N-dealkylation sites (N-methyl/N-ethyl adjacent to an activating group) is 1. The molecule has 0 saturated carbocycles. The number of ether oxygens (including phenoxy) is 6. The number of halogens is 13. The summed E-state index contributed by atoms with van der Waals surface area (Å²) < 4.78 is 217. The predicted molar refractivity (Wildman–Crippen MR) is 248 cm³/mol. The van der Waals surface area contributed by atoms with Crippen LogP contribution in [0.5, 0.6) is 11.5 Å². The summed E-state index contributed by atoms with van der Waals surface area (Å²) in [5.41, 5.74) is -7.61. The van der Waals surface area contributed by atoms with E-state index in [1.54, 1.807) is 30.4 Å². The number of carbonyl (C=O) groups excluding carboxylic acids is 1. The Hall–Kier alpha value is -8.31. The highest BCUT2D eigenvalue weighted by Gasteiger charge is 2.60. The van der Waals surface area contributed by atoms with Gasteiger partial charge in [0.15, 0.2) is 57.9 Å². The smallest absolute Gasteiger partial charge is 0.432 e. The zero-order valence-corrected chi connectivity index (χ0v) is 40.7. The van der Waals surface area contributed by atoms with Gasteiger partial charge in [0.25, 0.3) is 0 Å². The Morgan fingerprint density at radius 2 is 1.26 bits per heavy atom. The van der Waals surface area contributed by atoms with Gasteiger partial charge in [0, 0.05) is 52.8 Å². The Kier molecular flexibility index (Phi) is 18.5. The normalized spacial score (nSPS) is 14.4. The minimum Gasteiger partial charge on any atom is -0.489 e. The first-order valence-electron chi connectivity index (χ1n) is 22.0. The fourth-order valence-electron chi connectivity index (χ4n) is 7.21. The monoisotopic (exact) mass is 1110 g/mol. The summed E-state index contributed by atoms with van der Waals surface area (Å²) in [6.07, 6.45) is 0.0388. The molecule has 1 aliphatic rings. The van der Waals surface area contributed by atoms with Crippen molar-refractivity contribution in [3.05, 3.63) is 173 Å². The molecular formula is C52H35F13N4O7S. The van der Waals surface area contributed by atoms with E-state index < -0.39 is 146 Å². The van der Waals surface area contributed by atoms with Gasteiger partial charge in [-0.05, 0) is 61.9 Å². The Balaban J connectivity index is 1.37. The molecule has 1 unspecified atom stereocenters. The van der Waals surface area contributed by atoms with Crippen LogP contribution < -0.4 is 14.4 Å². The van der Waals surface area contributed by atoms with E-state index in [1.807, 2.05) is 24.0 Å². The van der Waals surface area contributed by atoms with Crippen LogP contribution in [0.25, 0.3) is 18.2 Å². The second-order valence-corrected chi connectivity index (χ2v) is 17.2. The van der Waals surface area contributed by atoms with E-state index in [1.165, 1.54) is 25.3 Å². The van der Waals surface area contributed by atoms with Crippen molar-refractivity contribution in [3.8, 4) is 29.7 Å². The molecule has 25 heteroatoms. The molecule has 2 heterocycles. The molecule has 402 valence electrons. The molecule has 0 spiro atoms. The summed E-state index contributed by atoms with van der Waals surface area (Å²) in [5.74, 6) is -27.1. The van der Waals surface area contributed by atoms with Crippen molar-refractivity contribution < 1.29 is 90.3 Å². The molecule has 77 heavy (non-hydrogen) atoms. The lowest BCUT2D eigenvalue weighted by Crippen LogP contribution is -2.43. The summed E-state index contributed by atoms with van der Waals surface area (Å²) in [6.45, 7) is 0.642. The molecule has 0 N–H and O–H groups in total. The van der Waals surface area contributed by atoms with Crippen LogP contribution in [0.4, 0.5) is 62.8 Å². The van der Waals surface area contributed by atoms with Gasteiger partial charge < -0.3 is 33.3 Å². The van der Waals surface area contributed by atoms with Crippen molar-refractivity contribution >= 4 is 41.2 Å². The number of nitrogens with zero attached hydrogens (tertiary/aromatic N) is 4. The van der Waals surface area contributed by atoms with Crippen LogP contribution in [-0.4, -0.2) is 51.3 Å². The van der Waals surface area contributed by atoms with Gasteiger partial charge in [-0.3, -0.25) is 0 Å².